The van der Waals surface area contributed by atoms with Crippen molar-refractivity contribution in [1.29, 1.82) is 0 Å². The van der Waals surface area contributed by atoms with Crippen LogP contribution in [0.2, 0.25) is 0 Å². The molecule has 0 aromatic heterocycles. The Morgan fingerprint density at radius 3 is 2.41 bits per heavy atom. The van der Waals surface area contributed by atoms with Gasteiger partial charge in [-0.3, -0.25) is 0 Å². The third-order valence-corrected chi connectivity index (χ3v) is 2.36. The van der Waals surface area contributed by atoms with Gasteiger partial charge in [0.15, 0.2) is 0 Å². The quantitative estimate of drug-likeness (QED) is 0.713. The monoisotopic (exact) mass is 226 g/mol. The number of nitrogens with zero attached hydrogens (tertiary/aromatic N) is 2. The lowest BCUT2D eigenvalue weighted by molar-refractivity contribution is 0.415. The second-order valence-electron chi connectivity index (χ2n) is 3.71. The first-order chi connectivity index (χ1) is 8.29. The first kappa shape index (κ1) is 11.3. The third-order valence-electron chi connectivity index (χ3n) is 2.36. The van der Waals surface area contributed by atoms with E-state index in [1.165, 1.54) is 0 Å². The molecule has 86 valence electrons. The Bertz CT molecular complexity index is 521. The van der Waals surface area contributed by atoms with Crippen molar-refractivity contribution in [1.82, 2.24) is 0 Å². The topological polar surface area (TPSA) is 34.0 Å². The maximum atomic E-state index is 5.23. The molecule has 0 heterocycles. The van der Waals surface area contributed by atoms with E-state index in [1.54, 1.807) is 7.11 Å². The highest BCUT2D eigenvalue weighted by Gasteiger charge is 2.01. The van der Waals surface area contributed by atoms with Gasteiger partial charge < -0.3 is 4.74 Å². The Morgan fingerprint density at radius 2 is 1.71 bits per heavy atom. The average Bonchev–Trinajstić information content (AvgIpc) is 2.38. The van der Waals surface area contributed by atoms with E-state index in [2.05, 4.69) is 10.2 Å². The molecule has 0 atom stereocenters. The highest BCUT2D eigenvalue weighted by molar-refractivity contribution is 5.53. The Morgan fingerprint density at radius 1 is 0.941 bits per heavy atom. The second-order valence-corrected chi connectivity index (χ2v) is 3.71. The molecule has 0 aliphatic carbocycles. The van der Waals surface area contributed by atoms with Gasteiger partial charge in [0.25, 0.3) is 0 Å². The van der Waals surface area contributed by atoms with E-state index in [0.717, 1.165) is 22.7 Å². The number of hydrogen-bond acceptors (Lipinski definition) is 3. The number of rotatable bonds is 3. The summed E-state index contributed by atoms with van der Waals surface area (Å²) < 4.78 is 5.23. The summed E-state index contributed by atoms with van der Waals surface area (Å²) in [5.41, 5.74) is 2.71. The normalized spacial score (nSPS) is 10.7. The largest absolute Gasteiger partial charge is 0.494 e. The molecule has 17 heavy (non-hydrogen) atoms. The lowest BCUT2D eigenvalue weighted by Gasteiger charge is -2.03. The Hall–Kier alpha value is -2.16. The molecular weight excluding hydrogens is 212 g/mol. The Balaban J connectivity index is 2.29. The van der Waals surface area contributed by atoms with Gasteiger partial charge in [-0.2, -0.15) is 5.11 Å². The minimum Gasteiger partial charge on any atom is -0.494 e. The smallest absolute Gasteiger partial charge is 0.146 e. The molecule has 0 saturated heterocycles. The van der Waals surface area contributed by atoms with Gasteiger partial charge in [-0.05, 0) is 36.8 Å². The number of hydrogen-bond donors (Lipinski definition) is 0. The van der Waals surface area contributed by atoms with Crippen LogP contribution in [0, 0.1) is 6.92 Å². The van der Waals surface area contributed by atoms with Gasteiger partial charge in [0, 0.05) is 0 Å². The molecule has 0 N–H and O–H groups in total. The first-order valence-corrected chi connectivity index (χ1v) is 5.41. The van der Waals surface area contributed by atoms with Crippen LogP contribution in [0.5, 0.6) is 5.75 Å². The van der Waals surface area contributed by atoms with Crippen LogP contribution in [0.25, 0.3) is 0 Å². The molecule has 0 unspecified atom stereocenters. The molecule has 0 spiro atoms. The fourth-order valence-electron chi connectivity index (χ4n) is 1.48. The number of ether oxygens (including phenoxy) is 1. The molecule has 0 aliphatic rings. The Kier molecular flexibility index (Phi) is 3.50. The predicted octanol–water partition coefficient (Wildman–Crippen LogP) is 4.42. The van der Waals surface area contributed by atoms with Crippen LogP contribution in [-0.4, -0.2) is 7.11 Å². The summed E-state index contributed by atoms with van der Waals surface area (Å²) in [6, 6.07) is 15.5. The molecule has 0 bridgehead atoms. The first-order valence-electron chi connectivity index (χ1n) is 5.41. The molecule has 0 amide bonds. The van der Waals surface area contributed by atoms with E-state index in [4.69, 9.17) is 4.74 Å². The van der Waals surface area contributed by atoms with Crippen LogP contribution in [-0.2, 0) is 0 Å². The number of aryl methyl sites for hydroxylation is 1. The van der Waals surface area contributed by atoms with Crippen molar-refractivity contribution in [3.63, 3.8) is 0 Å². The third kappa shape index (κ3) is 2.91. The zero-order valence-corrected chi connectivity index (χ0v) is 9.92. The van der Waals surface area contributed by atoms with E-state index in [0.29, 0.717) is 0 Å². The zero-order valence-electron chi connectivity index (χ0n) is 9.92. The maximum absolute atomic E-state index is 5.23. The summed E-state index contributed by atoms with van der Waals surface area (Å²) in [5.74, 6) is 0.732. The summed E-state index contributed by atoms with van der Waals surface area (Å²) in [6.07, 6.45) is 0. The van der Waals surface area contributed by atoms with Gasteiger partial charge >= 0.3 is 0 Å². The lowest BCUT2D eigenvalue weighted by Crippen LogP contribution is -1.83. The predicted molar refractivity (Wildman–Crippen MR) is 68.3 cm³/mol. The van der Waals surface area contributed by atoms with Crippen molar-refractivity contribution < 1.29 is 4.74 Å². The van der Waals surface area contributed by atoms with Crippen molar-refractivity contribution in [3.05, 3.63) is 54.1 Å². The van der Waals surface area contributed by atoms with Crippen molar-refractivity contribution in [3.8, 4) is 5.75 Å². The molecule has 0 saturated carbocycles. The zero-order chi connectivity index (χ0) is 12.1. The fraction of sp³-hybridized carbons (Fsp3) is 0.143. The fourth-order valence-corrected chi connectivity index (χ4v) is 1.48. The molecule has 3 nitrogen and oxygen atoms in total. The van der Waals surface area contributed by atoms with Gasteiger partial charge in [-0.1, -0.05) is 24.3 Å². The van der Waals surface area contributed by atoms with Crippen LogP contribution in [0.4, 0.5) is 11.4 Å². The highest BCUT2D eigenvalue weighted by Crippen LogP contribution is 2.29. The molecule has 0 aliphatic heterocycles. The van der Waals surface area contributed by atoms with Gasteiger partial charge in [0.1, 0.15) is 11.4 Å². The highest BCUT2D eigenvalue weighted by atomic mass is 16.5. The molecule has 0 fully saturated rings. The molecule has 0 radical (unpaired) electrons. The number of benzene rings is 2. The summed E-state index contributed by atoms with van der Waals surface area (Å²) >= 11 is 0. The van der Waals surface area contributed by atoms with Gasteiger partial charge in [0.05, 0.1) is 12.8 Å². The summed E-state index contributed by atoms with van der Waals surface area (Å²) in [5, 5.41) is 8.38. The lowest BCUT2D eigenvalue weighted by atomic mass is 10.2. The van der Waals surface area contributed by atoms with E-state index in [1.807, 2.05) is 55.5 Å². The number of methoxy groups -OCH3 is 1. The molecule has 2 rings (SSSR count). The maximum Gasteiger partial charge on any atom is 0.146 e. The summed E-state index contributed by atoms with van der Waals surface area (Å²) in [7, 11) is 1.63. The van der Waals surface area contributed by atoms with Gasteiger partial charge in [-0.15, -0.1) is 5.11 Å². The van der Waals surface area contributed by atoms with Crippen LogP contribution in [0.15, 0.2) is 58.8 Å². The summed E-state index contributed by atoms with van der Waals surface area (Å²) in [4.78, 5) is 0. The van der Waals surface area contributed by atoms with Crippen molar-refractivity contribution in [2.24, 2.45) is 10.2 Å². The summed E-state index contributed by atoms with van der Waals surface area (Å²) in [6.45, 7) is 2.01. The van der Waals surface area contributed by atoms with Crippen molar-refractivity contribution >= 4 is 11.4 Å². The SMILES string of the molecule is COc1ccc(C)cc1N=Nc1ccccc1. The van der Waals surface area contributed by atoms with E-state index in [-0.39, 0.29) is 0 Å². The van der Waals surface area contributed by atoms with E-state index in [9.17, 15) is 0 Å². The number of azo groups is 1. The van der Waals surface area contributed by atoms with E-state index < -0.39 is 0 Å². The standard InChI is InChI=1S/C14H14N2O/c1-11-8-9-14(17-2)13(10-11)16-15-12-6-4-3-5-7-12/h3-10H,1-2H3. The van der Waals surface area contributed by atoms with Crippen LogP contribution < -0.4 is 4.74 Å². The molecule has 3 heteroatoms. The second kappa shape index (κ2) is 5.25. The van der Waals surface area contributed by atoms with Crippen LogP contribution in [0.3, 0.4) is 0 Å². The van der Waals surface area contributed by atoms with Crippen molar-refractivity contribution in [2.75, 3.05) is 7.11 Å². The minimum absolute atomic E-state index is 0.732. The molecule has 2 aromatic carbocycles. The van der Waals surface area contributed by atoms with Crippen molar-refractivity contribution in [2.45, 2.75) is 6.92 Å². The van der Waals surface area contributed by atoms with Crippen LogP contribution in [0.1, 0.15) is 5.56 Å². The minimum atomic E-state index is 0.732. The van der Waals surface area contributed by atoms with Gasteiger partial charge in [-0.25, -0.2) is 0 Å². The average molecular weight is 226 g/mol. The van der Waals surface area contributed by atoms with E-state index >= 15 is 0 Å². The van der Waals surface area contributed by atoms with Gasteiger partial charge in [0.2, 0.25) is 0 Å². The Labute approximate surface area is 101 Å². The van der Waals surface area contributed by atoms with Crippen LogP contribution >= 0.6 is 0 Å². The molecule has 2 aromatic rings. The molecular formula is C14H14N2O.